The molecule has 1 heterocycles. The molecule has 0 amide bonds. The van der Waals surface area contributed by atoms with Gasteiger partial charge in [-0.1, -0.05) is 7.43 Å². The molecule has 1 aromatic heterocycles. The molecular formula is C9H13F3N2. The van der Waals surface area contributed by atoms with Gasteiger partial charge in [0.2, 0.25) is 0 Å². The lowest BCUT2D eigenvalue weighted by Gasteiger charge is -2.08. The van der Waals surface area contributed by atoms with Crippen LogP contribution in [0.2, 0.25) is 0 Å². The Labute approximate surface area is 81.0 Å². The van der Waals surface area contributed by atoms with Crippen LogP contribution in [0.1, 0.15) is 24.4 Å². The Bertz CT molecular complexity index is 307. The third kappa shape index (κ3) is 2.99. The van der Waals surface area contributed by atoms with Crippen molar-refractivity contribution in [1.82, 2.24) is 4.98 Å². The highest BCUT2D eigenvalue weighted by Gasteiger charge is 2.32. The number of nitrogens with zero attached hydrogens (tertiary/aromatic N) is 1. The summed E-state index contributed by atoms with van der Waals surface area (Å²) in [5.74, 6) is 0. The summed E-state index contributed by atoms with van der Waals surface area (Å²) < 4.78 is 36.5. The van der Waals surface area contributed by atoms with E-state index in [0.29, 0.717) is 11.3 Å². The van der Waals surface area contributed by atoms with E-state index in [0.717, 1.165) is 6.07 Å². The minimum absolute atomic E-state index is 0. The van der Waals surface area contributed by atoms with E-state index >= 15 is 0 Å². The summed E-state index contributed by atoms with van der Waals surface area (Å²) in [6.07, 6.45) is -4.39. The van der Waals surface area contributed by atoms with Crippen molar-refractivity contribution in [3.05, 3.63) is 29.1 Å². The highest BCUT2D eigenvalue weighted by Crippen LogP contribution is 2.28. The molecule has 2 N–H and O–H groups in total. The molecule has 0 bridgehead atoms. The molecule has 0 fully saturated rings. The van der Waals surface area contributed by atoms with Gasteiger partial charge < -0.3 is 5.73 Å². The fourth-order valence-electron chi connectivity index (χ4n) is 1.00. The molecule has 0 aliphatic heterocycles. The molecule has 1 rings (SSSR count). The Kier molecular flexibility index (Phi) is 4.07. The number of pyridine rings is 1. The lowest BCUT2D eigenvalue weighted by atomic mass is 10.2. The number of aromatic nitrogens is 1. The van der Waals surface area contributed by atoms with Gasteiger partial charge in [-0.05, 0) is 24.6 Å². The van der Waals surface area contributed by atoms with Crippen LogP contribution in [0.5, 0.6) is 0 Å². The highest BCUT2D eigenvalue weighted by atomic mass is 19.4. The number of nitrogens with two attached hydrogens (primary N) is 1. The molecule has 0 saturated carbocycles. The van der Waals surface area contributed by atoms with Crippen LogP contribution < -0.4 is 5.73 Å². The van der Waals surface area contributed by atoms with E-state index in [9.17, 15) is 13.2 Å². The summed E-state index contributed by atoms with van der Waals surface area (Å²) in [4.78, 5) is 3.37. The lowest BCUT2D eigenvalue weighted by Crippen LogP contribution is -2.10. The van der Waals surface area contributed by atoms with Gasteiger partial charge >= 0.3 is 6.18 Å². The molecule has 0 spiro atoms. The number of halogens is 3. The second-order valence-electron chi connectivity index (χ2n) is 2.70. The van der Waals surface area contributed by atoms with Crippen molar-refractivity contribution in [3.8, 4) is 0 Å². The Balaban J connectivity index is 0.00000169. The van der Waals surface area contributed by atoms with Crippen LogP contribution in [-0.2, 0) is 12.7 Å². The number of hydrogen-bond acceptors (Lipinski definition) is 2. The average molecular weight is 206 g/mol. The maximum atomic E-state index is 12.2. The predicted octanol–water partition coefficient (Wildman–Crippen LogP) is 2.50. The zero-order valence-corrected chi connectivity index (χ0v) is 7.02. The molecule has 0 unspecified atom stereocenters. The summed E-state index contributed by atoms with van der Waals surface area (Å²) in [6.45, 7) is 1.60. The standard InChI is InChI=1S/C8H9F3N2.CH4/c1-5-2-6(4-12)3-7(13-5)8(9,10)11;/h2-3H,4,12H2,1H3;1H4. The molecule has 5 heteroatoms. The number of hydrogen-bond donors (Lipinski definition) is 1. The highest BCUT2D eigenvalue weighted by molar-refractivity contribution is 5.22. The fourth-order valence-corrected chi connectivity index (χ4v) is 1.00. The van der Waals surface area contributed by atoms with E-state index in [1.165, 1.54) is 13.0 Å². The van der Waals surface area contributed by atoms with E-state index in [4.69, 9.17) is 5.73 Å². The average Bonchev–Trinajstić information content (AvgIpc) is 2.01. The maximum Gasteiger partial charge on any atom is 0.433 e. The van der Waals surface area contributed by atoms with Crippen molar-refractivity contribution in [1.29, 1.82) is 0 Å². The van der Waals surface area contributed by atoms with Crippen LogP contribution >= 0.6 is 0 Å². The Morgan fingerprint density at radius 3 is 2.36 bits per heavy atom. The zero-order chi connectivity index (χ0) is 10.1. The van der Waals surface area contributed by atoms with Gasteiger partial charge in [0.1, 0.15) is 5.69 Å². The summed E-state index contributed by atoms with van der Waals surface area (Å²) in [5.41, 5.74) is 5.13. The molecule has 14 heavy (non-hydrogen) atoms. The second kappa shape index (κ2) is 4.41. The first-order chi connectivity index (χ1) is 5.93. The van der Waals surface area contributed by atoms with Crippen LogP contribution in [0.15, 0.2) is 12.1 Å². The number of rotatable bonds is 1. The zero-order valence-electron chi connectivity index (χ0n) is 7.02. The number of aryl methyl sites for hydroxylation is 1. The molecule has 0 saturated heterocycles. The van der Waals surface area contributed by atoms with Crippen molar-refractivity contribution < 1.29 is 13.2 Å². The Morgan fingerprint density at radius 1 is 1.36 bits per heavy atom. The number of alkyl halides is 3. The fraction of sp³-hybridized carbons (Fsp3) is 0.444. The van der Waals surface area contributed by atoms with Gasteiger partial charge in [0.25, 0.3) is 0 Å². The van der Waals surface area contributed by atoms with Crippen molar-refractivity contribution in [2.45, 2.75) is 27.1 Å². The van der Waals surface area contributed by atoms with Crippen molar-refractivity contribution in [3.63, 3.8) is 0 Å². The molecule has 0 atom stereocenters. The molecule has 2 nitrogen and oxygen atoms in total. The van der Waals surface area contributed by atoms with Crippen LogP contribution in [0.3, 0.4) is 0 Å². The molecular weight excluding hydrogens is 193 g/mol. The van der Waals surface area contributed by atoms with E-state index in [1.54, 1.807) is 0 Å². The van der Waals surface area contributed by atoms with Gasteiger partial charge in [-0.15, -0.1) is 0 Å². The first kappa shape index (κ1) is 12.9. The van der Waals surface area contributed by atoms with Crippen LogP contribution in [0.4, 0.5) is 13.2 Å². The van der Waals surface area contributed by atoms with E-state index < -0.39 is 11.9 Å². The topological polar surface area (TPSA) is 38.9 Å². The third-order valence-corrected chi connectivity index (χ3v) is 1.54. The van der Waals surface area contributed by atoms with Crippen molar-refractivity contribution in [2.24, 2.45) is 5.73 Å². The largest absolute Gasteiger partial charge is 0.433 e. The van der Waals surface area contributed by atoms with E-state index in [-0.39, 0.29) is 14.0 Å². The second-order valence-corrected chi connectivity index (χ2v) is 2.70. The molecule has 0 aromatic carbocycles. The van der Waals surface area contributed by atoms with E-state index in [1.807, 2.05) is 0 Å². The minimum Gasteiger partial charge on any atom is -0.326 e. The first-order valence-electron chi connectivity index (χ1n) is 3.68. The van der Waals surface area contributed by atoms with Gasteiger partial charge in [-0.25, -0.2) is 4.98 Å². The SMILES string of the molecule is C.Cc1cc(CN)cc(C(F)(F)F)n1. The molecule has 0 aliphatic carbocycles. The van der Waals surface area contributed by atoms with Gasteiger partial charge in [-0.3, -0.25) is 0 Å². The predicted molar refractivity (Wildman–Crippen MR) is 48.6 cm³/mol. The minimum atomic E-state index is -4.39. The molecule has 1 aromatic rings. The summed E-state index contributed by atoms with van der Waals surface area (Å²) >= 11 is 0. The molecule has 80 valence electrons. The quantitative estimate of drug-likeness (QED) is 0.766. The maximum absolute atomic E-state index is 12.2. The van der Waals surface area contributed by atoms with Crippen molar-refractivity contribution in [2.75, 3.05) is 0 Å². The Hall–Kier alpha value is -1.10. The molecule has 0 radical (unpaired) electrons. The monoisotopic (exact) mass is 206 g/mol. The van der Waals surface area contributed by atoms with Gasteiger partial charge in [0.15, 0.2) is 0 Å². The van der Waals surface area contributed by atoms with Crippen LogP contribution in [0.25, 0.3) is 0 Å². The molecule has 0 aliphatic rings. The van der Waals surface area contributed by atoms with Crippen LogP contribution in [0, 0.1) is 6.92 Å². The van der Waals surface area contributed by atoms with E-state index in [2.05, 4.69) is 4.98 Å². The third-order valence-electron chi connectivity index (χ3n) is 1.54. The summed E-state index contributed by atoms with van der Waals surface area (Å²) in [6, 6.07) is 2.50. The van der Waals surface area contributed by atoms with Gasteiger partial charge in [0.05, 0.1) is 0 Å². The van der Waals surface area contributed by atoms with Crippen molar-refractivity contribution >= 4 is 0 Å². The van der Waals surface area contributed by atoms with Gasteiger partial charge in [-0.2, -0.15) is 13.2 Å². The van der Waals surface area contributed by atoms with Crippen LogP contribution in [-0.4, -0.2) is 4.98 Å². The summed E-state index contributed by atoms with van der Waals surface area (Å²) in [5, 5.41) is 0. The first-order valence-corrected chi connectivity index (χ1v) is 3.68. The summed E-state index contributed by atoms with van der Waals surface area (Å²) in [7, 11) is 0. The smallest absolute Gasteiger partial charge is 0.326 e. The lowest BCUT2D eigenvalue weighted by molar-refractivity contribution is -0.141. The normalized spacial score (nSPS) is 10.9. The van der Waals surface area contributed by atoms with Gasteiger partial charge in [0, 0.05) is 12.2 Å². The Morgan fingerprint density at radius 2 is 1.93 bits per heavy atom.